The molecule has 20 rings (SSSR count). The molecule has 20 fully saturated rings. The van der Waals surface area contributed by atoms with Gasteiger partial charge in [0.05, 0.1) is 0 Å². The minimum atomic E-state index is -1.16. The largest absolute Gasteiger partial charge is 0.337 e. The second kappa shape index (κ2) is 16.1. The van der Waals surface area contributed by atoms with Crippen LogP contribution < -0.4 is 21.3 Å². The second-order valence-electron chi connectivity index (χ2n) is 26.0. The smallest absolute Gasteiger partial charge is 0.326 e. The van der Waals surface area contributed by atoms with Gasteiger partial charge < -0.3 is 21.3 Å². The Labute approximate surface area is 486 Å². The van der Waals surface area contributed by atoms with Crippen LogP contribution in [-0.2, 0) is 0 Å². The highest BCUT2D eigenvalue weighted by Crippen LogP contribution is 2.51. The van der Waals surface area contributed by atoms with E-state index in [9.17, 15) is 0 Å². The van der Waals surface area contributed by atoms with Crippen molar-refractivity contribution < 1.29 is 78.8 Å². The monoisotopic (exact) mass is 1200 g/mol. The van der Waals surface area contributed by atoms with Crippen LogP contribution in [-0.4, -0.2) is 395 Å². The lowest BCUT2D eigenvalue weighted by Crippen LogP contribution is -3.07. The van der Waals surface area contributed by atoms with Crippen LogP contribution in [0.4, 0.5) is 57.5 Å². The summed E-state index contributed by atoms with van der Waals surface area (Å²) in [4.78, 5) is 213. The molecule has 20 saturated heterocycles. The summed E-state index contributed by atoms with van der Waals surface area (Å²) in [5.74, 6) is 0. The van der Waals surface area contributed by atoms with E-state index in [2.05, 4.69) is 35.1 Å². The number of nitrogens with two attached hydrogens (primary N) is 4. The van der Waals surface area contributed by atoms with E-state index in [1.165, 1.54) is 157 Å². The first-order chi connectivity index (χ1) is 41.5. The van der Waals surface area contributed by atoms with Gasteiger partial charge in [0.15, 0.2) is 74.0 Å². The van der Waals surface area contributed by atoms with Crippen molar-refractivity contribution in [1.29, 1.82) is 0 Å². The number of hydrogen-bond acceptors (Lipinski definition) is 12. The van der Waals surface area contributed by atoms with Crippen LogP contribution in [0.5, 0.6) is 0 Å². The fourth-order valence-corrected chi connectivity index (χ4v) is 18.0. The molecule has 0 aromatic carbocycles. The fourth-order valence-electron chi connectivity index (χ4n) is 18.0. The molecule has 20 heterocycles. The van der Waals surface area contributed by atoms with Gasteiger partial charge in [-0.2, -0.15) is 0 Å². The quantitative estimate of drug-likeness (QED) is 0.176. The summed E-state index contributed by atoms with van der Waals surface area (Å²) in [6.45, 7) is 6.91. The van der Waals surface area contributed by atoms with Crippen LogP contribution >= 0.6 is 0 Å². The van der Waals surface area contributed by atoms with Gasteiger partial charge in [-0.1, -0.05) is 0 Å². The highest BCUT2D eigenvalue weighted by Gasteiger charge is 2.76. The zero-order chi connectivity index (χ0) is 58.4. The molecule has 456 valence electrons. The normalized spacial score (nSPS) is 39.1. The minimum Gasteiger partial charge on any atom is -0.337 e. The van der Waals surface area contributed by atoms with Gasteiger partial charge in [-0.15, -0.1) is 0 Å². The van der Waals surface area contributed by atoms with Crippen molar-refractivity contribution in [2.75, 3.05) is 119 Å². The van der Waals surface area contributed by atoms with Crippen molar-refractivity contribution >= 4 is 72.4 Å². The molecule has 40 nitrogen and oxygen atoms in total. The van der Waals surface area contributed by atoms with E-state index in [1.54, 1.807) is 0 Å². The third kappa shape index (κ3) is 5.61. The summed E-state index contributed by atoms with van der Waals surface area (Å²) in [6.07, 6.45) is -13.9. The van der Waals surface area contributed by atoms with Crippen LogP contribution in [0.1, 0.15) is 13.8 Å². The van der Waals surface area contributed by atoms with Crippen molar-refractivity contribution in [2.24, 2.45) is 0 Å². The number of quaternary nitrogens is 4. The first-order valence-corrected chi connectivity index (χ1v) is 29.7. The molecule has 24 amide bonds. The zero-order valence-corrected chi connectivity index (χ0v) is 46.8. The van der Waals surface area contributed by atoms with Crippen molar-refractivity contribution in [3.63, 3.8) is 0 Å². The lowest BCUT2D eigenvalue weighted by atomic mass is 10.2. The molecular formula is C46H64N28O12+4. The molecule has 8 N–H and O–H groups in total. The van der Waals surface area contributed by atoms with Gasteiger partial charge in [-0.05, 0) is 13.8 Å². The van der Waals surface area contributed by atoms with Gasteiger partial charge in [0, 0.05) is 0 Å². The molecule has 2 atom stereocenters. The van der Waals surface area contributed by atoms with Gasteiger partial charge in [0.25, 0.3) is 0 Å². The fraction of sp³-hybridized carbons (Fsp3) is 0.739. The number of rotatable bonds is 0. The lowest BCUT2D eigenvalue weighted by molar-refractivity contribution is -0.808. The van der Waals surface area contributed by atoms with Crippen LogP contribution in [0.3, 0.4) is 0 Å². The lowest BCUT2D eigenvalue weighted by Gasteiger charge is -2.42. The van der Waals surface area contributed by atoms with Crippen molar-refractivity contribution in [1.82, 2.24) is 118 Å². The molecule has 0 aliphatic carbocycles. The molecule has 0 spiro atoms. The molecule has 20 aliphatic rings. The van der Waals surface area contributed by atoms with Crippen LogP contribution in [0.2, 0.25) is 0 Å². The standard InChI is InChI=1S/C36H36N24O12.2C5H12N2/c61-25-37-1-38-14-16-42(26(38)62)4-46-18-20-50(30(46)66)8-54-22-24-58(34(54)70)11-57-23-21-53(33(57)69)7-49-19-17-45(29(49)65)3-41(25)15-13(37)39-2-40(14)28(64)44(16)6-48(18)32(68)52(20)10-56(22)36(72)60(24)12-59(23)35(71)55(21)9-51(19)31(67)47(17)5-43(15)27(39)63;2*1-5-4-6-2-3-7-5/h13-24H,1-12H2;2*5-7H,2-4H2,1H3/p+4/t;2*5-/m.10/s1. The van der Waals surface area contributed by atoms with E-state index in [1.807, 2.05) is 0 Å². The number of carbonyl (C=O) groups excluding carboxylic acids is 12. The minimum absolute atomic E-state index is 0.457. The van der Waals surface area contributed by atoms with Gasteiger partial charge in [-0.3, -0.25) is 118 Å². The molecule has 0 bridgehead atoms. The Kier molecular flexibility index (Phi) is 9.25. The summed E-state index contributed by atoms with van der Waals surface area (Å²) < 4.78 is 0. The molecule has 0 radical (unpaired) electrons. The first kappa shape index (κ1) is 49.4. The number of hydrogen-bond donors (Lipinski definition) is 4. The molecule has 40 heteroatoms. The van der Waals surface area contributed by atoms with Crippen molar-refractivity contribution in [2.45, 2.75) is 99.9 Å². The maximum atomic E-state index is 15.1. The molecule has 0 aromatic heterocycles. The average Bonchev–Trinajstić information content (AvgIpc) is 1.54. The molecule has 0 unspecified atom stereocenters. The number of urea groups is 12. The number of carbonyl (C=O) groups is 12. The Morgan fingerprint density at radius 1 is 0.209 bits per heavy atom. The SMILES string of the molecule is C[C@@H]1C[NH2+]CC[NH2+]1.C[C@H]1C[NH2+]CC[NH2+]1.O=C1N2CN3C(=O)N4CN5C(=O)N6CN7C(=O)N8CN9C(=O)N%10CN%11C(=O)N%12CN1C1C2N2CN%13C(=O)N(CN%14C(=O)N(CN%15C(=O)N(CN%16C(=O)N(CN%17C(=O)N(CN1C2=O)C%12C%11%17)C%10C9%16)C8C7%15)C6C5%14)C4C3%13. The van der Waals surface area contributed by atoms with Gasteiger partial charge in [-0.25, -0.2) is 57.5 Å². The predicted octanol–water partition coefficient (Wildman–Crippen LogP) is -10.6. The summed E-state index contributed by atoms with van der Waals surface area (Å²) >= 11 is 0. The van der Waals surface area contributed by atoms with E-state index in [-0.39, 0.29) is 0 Å². The number of amides is 24. The highest BCUT2D eigenvalue weighted by molar-refractivity contribution is 5.95. The number of nitrogens with zero attached hydrogens (tertiary/aromatic N) is 24. The Hall–Kier alpha value is -8.92. The second-order valence-corrected chi connectivity index (χ2v) is 26.0. The topological polar surface area (TPSA) is 349 Å². The Morgan fingerprint density at radius 2 is 0.326 bits per heavy atom. The first-order valence-electron chi connectivity index (χ1n) is 29.7. The Balaban J connectivity index is 0.000000344. The van der Waals surface area contributed by atoms with Crippen molar-refractivity contribution in [3.8, 4) is 0 Å². The Morgan fingerprint density at radius 3 is 0.395 bits per heavy atom. The maximum Gasteiger partial charge on any atom is 0.326 e. The third-order valence-electron chi connectivity index (χ3n) is 21.8. The van der Waals surface area contributed by atoms with Crippen LogP contribution in [0, 0.1) is 0 Å². The zero-order valence-electron chi connectivity index (χ0n) is 46.8. The summed E-state index contributed by atoms with van der Waals surface area (Å²) in [7, 11) is 0. The van der Waals surface area contributed by atoms with E-state index >= 15 is 57.5 Å². The van der Waals surface area contributed by atoms with E-state index < -0.39 is 226 Å². The van der Waals surface area contributed by atoms with E-state index in [0.717, 1.165) is 12.1 Å². The Bertz CT molecular complexity index is 2420. The van der Waals surface area contributed by atoms with E-state index in [0.29, 0.717) is 0 Å². The summed E-state index contributed by atoms with van der Waals surface area (Å²) in [5.41, 5.74) is 0. The molecule has 0 aromatic rings. The summed E-state index contributed by atoms with van der Waals surface area (Å²) in [6, 6.07) is -6.19. The number of piperazine rings is 2. The van der Waals surface area contributed by atoms with Crippen LogP contribution in [0.25, 0.3) is 0 Å². The molecule has 20 aliphatic heterocycles. The van der Waals surface area contributed by atoms with Gasteiger partial charge in [0.2, 0.25) is 0 Å². The van der Waals surface area contributed by atoms with Crippen LogP contribution in [0.15, 0.2) is 0 Å². The third-order valence-corrected chi connectivity index (χ3v) is 21.8. The average molecular weight is 1200 g/mol. The molecular weight excluding hydrogens is 1140 g/mol. The van der Waals surface area contributed by atoms with Gasteiger partial charge in [0.1, 0.15) is 131 Å². The summed E-state index contributed by atoms with van der Waals surface area (Å²) in [5, 5.41) is 9.56. The van der Waals surface area contributed by atoms with Gasteiger partial charge >= 0.3 is 72.4 Å². The van der Waals surface area contributed by atoms with E-state index in [4.69, 9.17) is 0 Å². The highest BCUT2D eigenvalue weighted by atomic mass is 16.3. The molecule has 0 saturated carbocycles. The van der Waals surface area contributed by atoms with Crippen molar-refractivity contribution in [3.05, 3.63) is 0 Å². The predicted molar refractivity (Wildman–Crippen MR) is 269 cm³/mol. The maximum absolute atomic E-state index is 15.1. The molecule has 86 heavy (non-hydrogen) atoms.